The van der Waals surface area contributed by atoms with Gasteiger partial charge in [-0.3, -0.25) is 14.4 Å². The molecule has 0 aromatic heterocycles. The van der Waals surface area contributed by atoms with Crippen molar-refractivity contribution in [1.29, 1.82) is 0 Å². The maximum atomic E-state index is 12.7. The summed E-state index contributed by atoms with van der Waals surface area (Å²) in [6.45, 7) is 28.6. The van der Waals surface area contributed by atoms with Crippen LogP contribution in [0.3, 0.4) is 0 Å². The van der Waals surface area contributed by atoms with Gasteiger partial charge in [0.25, 0.3) is 0 Å². The van der Waals surface area contributed by atoms with Crippen LogP contribution < -0.4 is 0 Å². The molecule has 0 N–H and O–H groups in total. The third-order valence-corrected chi connectivity index (χ3v) is 19.6. The van der Waals surface area contributed by atoms with E-state index < -0.39 is 11.0 Å². The monoisotopic (exact) mass is 881 g/mol. The summed E-state index contributed by atoms with van der Waals surface area (Å²) in [4.78, 5) is 37.6. The van der Waals surface area contributed by atoms with Crippen molar-refractivity contribution in [3.63, 3.8) is 0 Å². The van der Waals surface area contributed by atoms with Gasteiger partial charge < -0.3 is 14.2 Å². The molecule has 2 aromatic carbocycles. The molecular weight excluding hydrogens is 793 g/mol. The summed E-state index contributed by atoms with van der Waals surface area (Å²) in [6.07, 6.45) is 18.5. The van der Waals surface area contributed by atoms with E-state index in [1.807, 2.05) is 80.5 Å². The van der Waals surface area contributed by atoms with Crippen molar-refractivity contribution in [2.75, 3.05) is 0 Å². The Morgan fingerprint density at radius 3 is 1.59 bits per heavy atom. The van der Waals surface area contributed by atoms with Crippen molar-refractivity contribution < 1.29 is 28.6 Å². The molecule has 8 aliphatic rings. The van der Waals surface area contributed by atoms with Gasteiger partial charge >= 0.3 is 17.9 Å². The van der Waals surface area contributed by atoms with Gasteiger partial charge in [-0.15, -0.1) is 0 Å². The summed E-state index contributed by atoms with van der Waals surface area (Å²) in [5.74, 6) is 7.93. The van der Waals surface area contributed by atoms with Gasteiger partial charge in [0.1, 0.15) is 16.8 Å². The summed E-state index contributed by atoms with van der Waals surface area (Å²) < 4.78 is 18.2. The SMILES string of the molecule is CCC(C)(C)C(=O)OC(C)(C)C12CC3CC(CC(C3)C1)C2.CCC(C)(C)C(=O)OC(C)(C)c1ccc2ccccc2c1.CCC(C)(C)C(=O)OC1(CC)CC2CC1C1C3CCC(C3)C21. The molecule has 8 saturated carbocycles. The molecule has 6 heteroatoms. The number of fused-ring (bicyclic) bond motifs is 10. The second-order valence-electron chi connectivity index (χ2n) is 25.4. The van der Waals surface area contributed by atoms with E-state index in [0.717, 1.165) is 90.4 Å². The van der Waals surface area contributed by atoms with Crippen molar-refractivity contribution in [3.8, 4) is 0 Å². The van der Waals surface area contributed by atoms with Gasteiger partial charge in [0, 0.05) is 11.3 Å². The van der Waals surface area contributed by atoms with Crippen molar-refractivity contribution in [1.82, 2.24) is 0 Å². The Morgan fingerprint density at radius 1 is 0.562 bits per heavy atom. The highest BCUT2D eigenvalue weighted by Crippen LogP contribution is 2.71. The van der Waals surface area contributed by atoms with E-state index in [0.29, 0.717) is 5.92 Å². The lowest BCUT2D eigenvalue weighted by Crippen LogP contribution is -2.58. The fourth-order valence-corrected chi connectivity index (χ4v) is 14.4. The smallest absolute Gasteiger partial charge is 0.312 e. The Morgan fingerprint density at radius 2 is 1.06 bits per heavy atom. The Kier molecular flexibility index (Phi) is 13.5. The van der Waals surface area contributed by atoms with Gasteiger partial charge in [-0.2, -0.15) is 0 Å². The molecule has 0 aliphatic heterocycles. The molecule has 8 aliphatic carbocycles. The summed E-state index contributed by atoms with van der Waals surface area (Å²) in [6, 6.07) is 14.4. The van der Waals surface area contributed by atoms with Gasteiger partial charge in [-0.05, 0) is 235 Å². The minimum Gasteiger partial charge on any atom is -0.459 e. The van der Waals surface area contributed by atoms with Crippen LogP contribution in [0.15, 0.2) is 42.5 Å². The summed E-state index contributed by atoms with van der Waals surface area (Å²) >= 11 is 0. The zero-order valence-electron chi connectivity index (χ0n) is 42.8. The zero-order chi connectivity index (χ0) is 46.8. The number of carbonyl (C=O) groups excluding carboxylic acids is 3. The van der Waals surface area contributed by atoms with Crippen molar-refractivity contribution in [3.05, 3.63) is 48.0 Å². The Hall–Kier alpha value is -2.89. The highest BCUT2D eigenvalue weighted by atomic mass is 16.6. The van der Waals surface area contributed by atoms with Crippen LogP contribution in [0.2, 0.25) is 0 Å². The van der Waals surface area contributed by atoms with E-state index in [4.69, 9.17) is 14.2 Å². The minimum atomic E-state index is -0.631. The second kappa shape index (κ2) is 17.6. The molecule has 2 aromatic rings. The van der Waals surface area contributed by atoms with Gasteiger partial charge in [-0.1, -0.05) is 64.1 Å². The lowest BCUT2D eigenvalue weighted by Gasteiger charge is -2.61. The van der Waals surface area contributed by atoms with Gasteiger partial charge in [0.2, 0.25) is 0 Å². The van der Waals surface area contributed by atoms with Crippen molar-refractivity contribution >= 4 is 28.7 Å². The van der Waals surface area contributed by atoms with Gasteiger partial charge in [0.15, 0.2) is 0 Å². The van der Waals surface area contributed by atoms with E-state index in [1.54, 1.807) is 0 Å². The van der Waals surface area contributed by atoms with Crippen LogP contribution in [-0.4, -0.2) is 29.1 Å². The van der Waals surface area contributed by atoms with Crippen LogP contribution in [0.4, 0.5) is 0 Å². The highest BCUT2D eigenvalue weighted by molar-refractivity contribution is 5.83. The number of ether oxygens (including phenoxy) is 3. The highest BCUT2D eigenvalue weighted by Gasteiger charge is 2.68. The van der Waals surface area contributed by atoms with Crippen LogP contribution in [0.5, 0.6) is 0 Å². The molecule has 7 atom stereocenters. The second-order valence-corrected chi connectivity index (χ2v) is 25.4. The average Bonchev–Trinajstić information content (AvgIpc) is 4.05. The van der Waals surface area contributed by atoms with E-state index >= 15 is 0 Å². The molecule has 8 fully saturated rings. The Labute approximate surface area is 388 Å². The van der Waals surface area contributed by atoms with Crippen LogP contribution in [0, 0.1) is 74.9 Å². The zero-order valence-corrected chi connectivity index (χ0v) is 42.8. The predicted octanol–water partition coefficient (Wildman–Crippen LogP) is 14.8. The largest absolute Gasteiger partial charge is 0.459 e. The molecule has 6 nitrogen and oxygen atoms in total. The topological polar surface area (TPSA) is 78.9 Å². The van der Waals surface area contributed by atoms with E-state index in [2.05, 4.69) is 58.9 Å². The number of benzene rings is 2. The number of esters is 3. The lowest BCUT2D eigenvalue weighted by molar-refractivity contribution is -0.206. The normalized spacial score (nSPS) is 33.5. The maximum Gasteiger partial charge on any atom is 0.312 e. The molecule has 7 unspecified atom stereocenters. The van der Waals surface area contributed by atoms with E-state index in [-0.39, 0.29) is 45.4 Å². The predicted molar refractivity (Wildman–Crippen MR) is 259 cm³/mol. The van der Waals surface area contributed by atoms with Gasteiger partial charge in [-0.25, -0.2) is 0 Å². The van der Waals surface area contributed by atoms with Crippen LogP contribution in [-0.2, 0) is 34.2 Å². The third kappa shape index (κ3) is 9.10. The molecule has 0 saturated heterocycles. The first-order chi connectivity index (χ1) is 29.8. The number of rotatable bonds is 12. The lowest BCUT2D eigenvalue weighted by atomic mass is 9.46. The van der Waals surface area contributed by atoms with E-state index in [9.17, 15) is 14.4 Å². The van der Waals surface area contributed by atoms with E-state index in [1.165, 1.54) is 69.6 Å². The van der Waals surface area contributed by atoms with Crippen molar-refractivity contribution in [2.45, 2.75) is 210 Å². The van der Waals surface area contributed by atoms with Gasteiger partial charge in [0.05, 0.1) is 16.2 Å². The summed E-state index contributed by atoms with van der Waals surface area (Å²) in [5.41, 5.74) is -0.950. The fourth-order valence-electron chi connectivity index (χ4n) is 14.4. The third-order valence-electron chi connectivity index (χ3n) is 19.6. The molecule has 10 rings (SSSR count). The molecule has 0 heterocycles. The van der Waals surface area contributed by atoms with Crippen molar-refractivity contribution in [2.24, 2.45) is 74.9 Å². The average molecular weight is 881 g/mol. The molecule has 0 radical (unpaired) electrons. The standard InChI is InChI=1S/C20H32O2.C19H32O2.C19H24O2/c1-5-19(3,4)18(21)22-20(6-2)11-14-10-15(20)17-13-8-7-12(9-13)16(14)17;1-6-17(2,3)16(20)21-18(4,5)19-10-13-7-14(11-19)9-15(8-13)12-19;1-6-18(2,3)17(20)21-19(4,5)16-12-11-14-9-7-8-10-15(14)13-16/h12-17H,5-11H2,1-4H3;13-15H,6-12H2,1-5H3;7-13H,6H2,1-5H3. The first-order valence-corrected chi connectivity index (χ1v) is 26.0. The number of carbonyl (C=O) groups is 3. The molecular formula is C58H88O6. The molecule has 356 valence electrons. The Bertz CT molecular complexity index is 1980. The maximum absolute atomic E-state index is 12.7. The summed E-state index contributed by atoms with van der Waals surface area (Å²) in [5, 5.41) is 2.35. The first kappa shape index (κ1) is 49.0. The molecule has 64 heavy (non-hydrogen) atoms. The molecule has 0 amide bonds. The summed E-state index contributed by atoms with van der Waals surface area (Å²) in [7, 11) is 0. The first-order valence-electron chi connectivity index (χ1n) is 26.0. The molecule has 8 bridgehead atoms. The number of hydrogen-bond acceptors (Lipinski definition) is 6. The molecule has 0 spiro atoms. The van der Waals surface area contributed by atoms with Crippen LogP contribution >= 0.6 is 0 Å². The Balaban J connectivity index is 0.000000144. The fraction of sp³-hybridized carbons (Fsp3) is 0.776. The number of hydrogen-bond donors (Lipinski definition) is 0. The minimum absolute atomic E-state index is 0.00857. The van der Waals surface area contributed by atoms with Crippen LogP contribution in [0.1, 0.15) is 199 Å². The van der Waals surface area contributed by atoms with Crippen LogP contribution in [0.25, 0.3) is 10.8 Å². The quantitative estimate of drug-likeness (QED) is 0.120.